The van der Waals surface area contributed by atoms with Gasteiger partial charge in [-0.2, -0.15) is 0 Å². The molecule has 2 aliphatic heterocycles. The number of guanidine groups is 1. The third-order valence-electron chi connectivity index (χ3n) is 8.20. The quantitative estimate of drug-likeness (QED) is 0.606. The lowest BCUT2D eigenvalue weighted by molar-refractivity contribution is -0.131. The van der Waals surface area contributed by atoms with Crippen LogP contribution in [0.25, 0.3) is 0 Å². The van der Waals surface area contributed by atoms with E-state index in [1.807, 2.05) is 52.0 Å². The van der Waals surface area contributed by atoms with Crippen molar-refractivity contribution >= 4 is 17.8 Å². The fraction of sp³-hybridized carbons (Fsp3) is 0.654. The van der Waals surface area contributed by atoms with Gasteiger partial charge in [-0.15, -0.1) is 0 Å². The molecular formula is C26H38N4O3. The zero-order valence-corrected chi connectivity index (χ0v) is 20.7. The van der Waals surface area contributed by atoms with Gasteiger partial charge in [0.25, 0.3) is 0 Å². The number of carbonyl (C=O) groups excluding carboxylic acids is 2. The smallest absolute Gasteiger partial charge is 0.231 e. The summed E-state index contributed by atoms with van der Waals surface area (Å²) in [5.74, 6) is 0.798. The highest BCUT2D eigenvalue weighted by Gasteiger charge is 2.63. The van der Waals surface area contributed by atoms with E-state index in [2.05, 4.69) is 24.5 Å². The molecule has 2 fully saturated rings. The molecule has 1 saturated carbocycles. The minimum Gasteiger partial charge on any atom is -0.487 e. The summed E-state index contributed by atoms with van der Waals surface area (Å²) in [6.45, 7) is 12.7. The van der Waals surface area contributed by atoms with E-state index in [-0.39, 0.29) is 52.2 Å². The number of para-hydroxylation sites is 1. The van der Waals surface area contributed by atoms with Gasteiger partial charge in [-0.3, -0.25) is 19.9 Å². The Morgan fingerprint density at radius 2 is 1.88 bits per heavy atom. The summed E-state index contributed by atoms with van der Waals surface area (Å²) in [5.41, 5.74) is 0.0861. The van der Waals surface area contributed by atoms with Crippen molar-refractivity contribution in [3.8, 4) is 5.75 Å². The number of nitrogens with one attached hydrogen (secondary N) is 3. The number of ether oxygens (including phenoxy) is 1. The van der Waals surface area contributed by atoms with Crippen LogP contribution in [-0.4, -0.2) is 40.4 Å². The maximum Gasteiger partial charge on any atom is 0.231 e. The van der Waals surface area contributed by atoms with Crippen molar-refractivity contribution in [2.45, 2.75) is 84.4 Å². The molecule has 0 aromatic heterocycles. The monoisotopic (exact) mass is 454 g/mol. The van der Waals surface area contributed by atoms with Crippen molar-refractivity contribution in [2.75, 3.05) is 6.54 Å². The third kappa shape index (κ3) is 4.22. The normalized spacial score (nSPS) is 28.9. The first-order valence-corrected chi connectivity index (χ1v) is 12.2. The first kappa shape index (κ1) is 23.6. The summed E-state index contributed by atoms with van der Waals surface area (Å²) >= 11 is 0. The number of carbonyl (C=O) groups is 2. The summed E-state index contributed by atoms with van der Waals surface area (Å²) in [5, 5.41) is 15.0. The second-order valence-corrected chi connectivity index (χ2v) is 11.2. The average molecular weight is 455 g/mol. The zero-order chi connectivity index (χ0) is 24.2. The van der Waals surface area contributed by atoms with Crippen LogP contribution in [0.1, 0.15) is 78.8 Å². The van der Waals surface area contributed by atoms with Crippen LogP contribution in [0, 0.1) is 22.7 Å². The average Bonchev–Trinajstić information content (AvgIpc) is 3.29. The van der Waals surface area contributed by atoms with Gasteiger partial charge in [-0.1, -0.05) is 45.9 Å². The summed E-state index contributed by atoms with van der Waals surface area (Å²) in [6, 6.07) is 7.77. The lowest BCUT2D eigenvalue weighted by Crippen LogP contribution is -2.62. The topological polar surface area (TPSA) is 94.5 Å². The van der Waals surface area contributed by atoms with Crippen molar-refractivity contribution in [3.05, 3.63) is 29.8 Å². The summed E-state index contributed by atoms with van der Waals surface area (Å²) in [4.78, 5) is 27.9. The fourth-order valence-corrected chi connectivity index (χ4v) is 5.74. The van der Waals surface area contributed by atoms with Gasteiger partial charge in [0.2, 0.25) is 11.8 Å². The van der Waals surface area contributed by atoms with Gasteiger partial charge in [0.1, 0.15) is 11.4 Å². The molecule has 33 heavy (non-hydrogen) atoms. The van der Waals surface area contributed by atoms with Crippen molar-refractivity contribution in [3.63, 3.8) is 0 Å². The Morgan fingerprint density at radius 1 is 1.21 bits per heavy atom. The first-order valence-electron chi connectivity index (χ1n) is 12.2. The Bertz CT molecular complexity index is 946. The summed E-state index contributed by atoms with van der Waals surface area (Å²) in [6.07, 6.45) is 2.69. The largest absolute Gasteiger partial charge is 0.487 e. The second kappa shape index (κ2) is 8.03. The Balaban J connectivity index is 1.45. The summed E-state index contributed by atoms with van der Waals surface area (Å²) < 4.78 is 6.10. The van der Waals surface area contributed by atoms with E-state index < -0.39 is 0 Å². The standard InChI is InChI=1S/C26H38N4O3/c1-7-26(8-2)14-20(31)30(23(27)29-26)15-17-21(25(17,5)6)22(32)28-18-13-24(3,4)33-19-12-10-9-11-16(18)19/h9-12,17-18,21H,7-8,13-15H2,1-6H3,(H2,27,29)(H,28,32)/t17?,18-,21+/m0/s1. The van der Waals surface area contributed by atoms with Crippen molar-refractivity contribution in [1.82, 2.24) is 15.5 Å². The van der Waals surface area contributed by atoms with Gasteiger partial charge in [-0.25, -0.2) is 0 Å². The molecule has 7 nitrogen and oxygen atoms in total. The van der Waals surface area contributed by atoms with E-state index in [0.717, 1.165) is 24.2 Å². The molecule has 1 aromatic carbocycles. The summed E-state index contributed by atoms with van der Waals surface area (Å²) in [7, 11) is 0. The molecule has 4 rings (SSSR count). The molecular weight excluding hydrogens is 416 g/mol. The van der Waals surface area contributed by atoms with E-state index in [0.29, 0.717) is 19.4 Å². The predicted molar refractivity (Wildman–Crippen MR) is 128 cm³/mol. The highest BCUT2D eigenvalue weighted by atomic mass is 16.5. The number of amides is 2. The Hall–Kier alpha value is -2.57. The molecule has 1 aliphatic carbocycles. The highest BCUT2D eigenvalue weighted by Crippen LogP contribution is 2.59. The Labute approximate surface area is 197 Å². The second-order valence-electron chi connectivity index (χ2n) is 11.2. The third-order valence-corrected chi connectivity index (χ3v) is 8.20. The van der Waals surface area contributed by atoms with Crippen molar-refractivity contribution in [1.29, 1.82) is 5.41 Å². The van der Waals surface area contributed by atoms with E-state index in [1.54, 1.807) is 0 Å². The Kier molecular flexibility index (Phi) is 5.74. The maximum atomic E-state index is 13.4. The minimum atomic E-state index is -0.364. The minimum absolute atomic E-state index is 0.0162. The van der Waals surface area contributed by atoms with E-state index in [1.165, 1.54) is 4.90 Å². The lowest BCUT2D eigenvalue weighted by atomic mass is 9.87. The van der Waals surface area contributed by atoms with Gasteiger partial charge in [-0.05, 0) is 44.1 Å². The maximum absolute atomic E-state index is 13.4. The van der Waals surface area contributed by atoms with Crippen LogP contribution < -0.4 is 15.4 Å². The van der Waals surface area contributed by atoms with Crippen LogP contribution in [0.15, 0.2) is 24.3 Å². The molecule has 0 spiro atoms. The van der Waals surface area contributed by atoms with Gasteiger partial charge in [0.05, 0.1) is 12.5 Å². The van der Waals surface area contributed by atoms with E-state index >= 15 is 0 Å². The predicted octanol–water partition coefficient (Wildman–Crippen LogP) is 3.99. The molecule has 1 unspecified atom stereocenters. The highest BCUT2D eigenvalue weighted by molar-refractivity contribution is 5.99. The molecule has 180 valence electrons. The van der Waals surface area contributed by atoms with Gasteiger partial charge < -0.3 is 15.4 Å². The molecule has 1 saturated heterocycles. The molecule has 3 atom stereocenters. The van der Waals surface area contributed by atoms with E-state index in [9.17, 15) is 9.59 Å². The molecule has 3 aliphatic rings. The Morgan fingerprint density at radius 3 is 2.52 bits per heavy atom. The van der Waals surface area contributed by atoms with Crippen LogP contribution in [0.2, 0.25) is 0 Å². The van der Waals surface area contributed by atoms with Crippen molar-refractivity contribution in [2.24, 2.45) is 17.3 Å². The number of benzene rings is 1. The molecule has 2 heterocycles. The molecule has 0 radical (unpaired) electrons. The molecule has 1 aromatic rings. The zero-order valence-electron chi connectivity index (χ0n) is 20.7. The molecule has 3 N–H and O–H groups in total. The van der Waals surface area contributed by atoms with Gasteiger partial charge in [0.15, 0.2) is 5.96 Å². The molecule has 0 bridgehead atoms. The fourth-order valence-electron chi connectivity index (χ4n) is 5.74. The molecule has 2 amide bonds. The van der Waals surface area contributed by atoms with Crippen LogP contribution in [0.3, 0.4) is 0 Å². The van der Waals surface area contributed by atoms with E-state index in [4.69, 9.17) is 10.1 Å². The van der Waals surface area contributed by atoms with Crippen LogP contribution in [0.5, 0.6) is 5.75 Å². The first-order chi connectivity index (χ1) is 15.4. The molecule has 7 heteroatoms. The van der Waals surface area contributed by atoms with Crippen molar-refractivity contribution < 1.29 is 14.3 Å². The van der Waals surface area contributed by atoms with Crippen LogP contribution in [-0.2, 0) is 9.59 Å². The number of hydrogen-bond acceptors (Lipinski definition) is 4. The van der Waals surface area contributed by atoms with Gasteiger partial charge >= 0.3 is 0 Å². The number of hydrogen-bond donors (Lipinski definition) is 3. The number of fused-ring (bicyclic) bond motifs is 1. The SMILES string of the molecule is CCC1(CC)CC(=O)N(CC2[C@H](C(=O)N[C@H]3CC(C)(C)Oc4ccccc43)C2(C)C)C(=N)N1. The number of nitrogens with zero attached hydrogens (tertiary/aromatic N) is 1. The number of rotatable bonds is 6. The van der Waals surface area contributed by atoms with Crippen LogP contribution in [0.4, 0.5) is 0 Å². The van der Waals surface area contributed by atoms with Crippen LogP contribution >= 0.6 is 0 Å². The lowest BCUT2D eigenvalue weighted by Gasteiger charge is -2.42. The van der Waals surface area contributed by atoms with Gasteiger partial charge in [0, 0.05) is 30.0 Å².